The fourth-order valence-electron chi connectivity index (χ4n) is 2.42. The van der Waals surface area contributed by atoms with Crippen molar-refractivity contribution in [1.82, 2.24) is 9.78 Å². The summed E-state index contributed by atoms with van der Waals surface area (Å²) in [5.41, 5.74) is 8.21. The van der Waals surface area contributed by atoms with Crippen molar-refractivity contribution < 1.29 is 4.74 Å². The van der Waals surface area contributed by atoms with E-state index in [1.54, 1.807) is 11.8 Å². The van der Waals surface area contributed by atoms with Gasteiger partial charge in [0.25, 0.3) is 0 Å². The van der Waals surface area contributed by atoms with Crippen LogP contribution in [-0.2, 0) is 18.2 Å². The third-order valence-corrected chi connectivity index (χ3v) is 3.68. The van der Waals surface area contributed by atoms with Crippen molar-refractivity contribution in [3.8, 4) is 0 Å². The van der Waals surface area contributed by atoms with Crippen LogP contribution in [0.15, 0.2) is 0 Å². The molecule has 2 unspecified atom stereocenters. The lowest BCUT2D eigenvalue weighted by Crippen LogP contribution is -2.46. The Morgan fingerprint density at radius 3 is 2.33 bits per heavy atom. The van der Waals surface area contributed by atoms with Crippen LogP contribution in [0, 0.1) is 12.3 Å². The number of hydrogen-bond acceptors (Lipinski definition) is 3. The van der Waals surface area contributed by atoms with Gasteiger partial charge < -0.3 is 10.5 Å². The maximum atomic E-state index is 6.27. The minimum absolute atomic E-state index is 0.00322. The Hall–Kier alpha value is -0.580. The second-order valence-corrected chi connectivity index (χ2v) is 6.23. The smallest absolute Gasteiger partial charge is 0.130 e. The second kappa shape index (κ2) is 5.59. The van der Waals surface area contributed by atoms with Crippen molar-refractivity contribution in [1.29, 1.82) is 0 Å². The topological polar surface area (TPSA) is 53.1 Å². The average molecular weight is 274 g/mol. The number of ether oxygens (including phenoxy) is 1. The molecule has 0 amide bonds. The molecule has 104 valence electrons. The van der Waals surface area contributed by atoms with E-state index in [0.717, 1.165) is 11.3 Å². The van der Waals surface area contributed by atoms with E-state index in [1.807, 2.05) is 14.0 Å². The van der Waals surface area contributed by atoms with Gasteiger partial charge in [0.2, 0.25) is 0 Å². The van der Waals surface area contributed by atoms with Crippen LogP contribution in [0.5, 0.6) is 0 Å². The number of aryl methyl sites for hydroxylation is 2. The molecule has 0 bridgehead atoms. The van der Waals surface area contributed by atoms with Gasteiger partial charge in [0.05, 0.1) is 11.8 Å². The number of rotatable bonds is 4. The van der Waals surface area contributed by atoms with E-state index < -0.39 is 0 Å². The molecule has 1 aromatic heterocycles. The third kappa shape index (κ3) is 3.25. The molecule has 0 aliphatic rings. The van der Waals surface area contributed by atoms with Gasteiger partial charge in [-0.25, -0.2) is 0 Å². The summed E-state index contributed by atoms with van der Waals surface area (Å²) in [6, 6.07) is -0.101. The monoisotopic (exact) mass is 273 g/mol. The van der Waals surface area contributed by atoms with Crippen LogP contribution in [0.1, 0.15) is 32.0 Å². The first kappa shape index (κ1) is 15.5. The first-order chi connectivity index (χ1) is 8.18. The van der Waals surface area contributed by atoms with Crippen LogP contribution in [0.4, 0.5) is 0 Å². The molecule has 0 fully saturated rings. The summed E-state index contributed by atoms with van der Waals surface area (Å²) >= 11 is 6.22. The van der Waals surface area contributed by atoms with Crippen molar-refractivity contribution in [2.24, 2.45) is 18.2 Å². The first-order valence-electron chi connectivity index (χ1n) is 6.14. The highest BCUT2D eigenvalue weighted by Gasteiger charge is 2.31. The Morgan fingerprint density at radius 1 is 1.44 bits per heavy atom. The summed E-state index contributed by atoms with van der Waals surface area (Å²) in [5, 5.41) is 4.96. The summed E-state index contributed by atoms with van der Waals surface area (Å²) in [6.45, 7) is 8.32. The molecule has 2 atom stereocenters. The van der Waals surface area contributed by atoms with Crippen LogP contribution in [-0.4, -0.2) is 29.0 Å². The second-order valence-electron chi connectivity index (χ2n) is 5.87. The van der Waals surface area contributed by atoms with Gasteiger partial charge >= 0.3 is 0 Å². The molecule has 2 N–H and O–H groups in total. The van der Waals surface area contributed by atoms with Gasteiger partial charge in [-0.15, -0.1) is 0 Å². The fraction of sp³-hybridized carbons (Fsp3) is 0.769. The fourth-order valence-corrected chi connectivity index (χ4v) is 2.67. The van der Waals surface area contributed by atoms with E-state index in [2.05, 4.69) is 25.9 Å². The summed E-state index contributed by atoms with van der Waals surface area (Å²) in [4.78, 5) is 0. The molecular formula is C13H24ClN3O. The molecule has 1 aromatic rings. The van der Waals surface area contributed by atoms with Crippen molar-refractivity contribution in [3.63, 3.8) is 0 Å². The zero-order valence-corrected chi connectivity index (χ0v) is 12.9. The number of hydrogen-bond donors (Lipinski definition) is 1. The minimum Gasteiger partial charge on any atom is -0.379 e. The maximum absolute atomic E-state index is 6.27. The van der Waals surface area contributed by atoms with E-state index >= 15 is 0 Å². The van der Waals surface area contributed by atoms with Crippen molar-refractivity contribution >= 4 is 11.6 Å². The Morgan fingerprint density at radius 2 is 2.00 bits per heavy atom. The molecule has 0 aliphatic carbocycles. The molecule has 4 nitrogen and oxygen atoms in total. The molecule has 1 rings (SSSR count). The summed E-state index contributed by atoms with van der Waals surface area (Å²) < 4.78 is 7.22. The van der Waals surface area contributed by atoms with Gasteiger partial charge in [0.1, 0.15) is 5.15 Å². The number of nitrogens with two attached hydrogens (primary N) is 1. The van der Waals surface area contributed by atoms with E-state index in [-0.39, 0.29) is 17.6 Å². The number of halogens is 1. The van der Waals surface area contributed by atoms with E-state index in [4.69, 9.17) is 22.1 Å². The highest BCUT2D eigenvalue weighted by atomic mass is 35.5. The lowest BCUT2D eigenvalue weighted by atomic mass is 9.83. The molecule has 0 saturated heterocycles. The summed E-state index contributed by atoms with van der Waals surface area (Å²) in [5.74, 6) is 0. The predicted molar refractivity (Wildman–Crippen MR) is 74.9 cm³/mol. The zero-order chi connectivity index (χ0) is 14.1. The third-order valence-electron chi connectivity index (χ3n) is 3.21. The number of nitrogens with zero attached hydrogens (tertiary/aromatic N) is 2. The van der Waals surface area contributed by atoms with Crippen LogP contribution < -0.4 is 5.73 Å². The molecular weight excluding hydrogens is 250 g/mol. The highest BCUT2D eigenvalue weighted by Crippen LogP contribution is 2.27. The summed E-state index contributed by atoms with van der Waals surface area (Å²) in [7, 11) is 3.54. The predicted octanol–water partition coefficient (Wildman–Crippen LogP) is 2.31. The molecule has 1 heterocycles. The standard InChI is InChI=1S/C13H24ClN3O/c1-8-9(12(14)17(5)16-8)7-10(15)11(18-6)13(2,3)4/h10-11H,7,15H2,1-6H3. The molecule has 5 heteroatoms. The van der Waals surface area contributed by atoms with Crippen molar-refractivity contribution in [2.45, 2.75) is 46.3 Å². The molecule has 0 aliphatic heterocycles. The normalized spacial score (nSPS) is 15.8. The van der Waals surface area contributed by atoms with Gasteiger partial charge in [-0.2, -0.15) is 5.10 Å². The number of aromatic nitrogens is 2. The van der Waals surface area contributed by atoms with Gasteiger partial charge in [0.15, 0.2) is 0 Å². The van der Waals surface area contributed by atoms with Gasteiger partial charge in [-0.1, -0.05) is 32.4 Å². The largest absolute Gasteiger partial charge is 0.379 e. The Balaban J connectivity index is 2.90. The van der Waals surface area contributed by atoms with E-state index in [0.29, 0.717) is 11.6 Å². The Kier molecular flexibility index (Phi) is 4.81. The van der Waals surface area contributed by atoms with E-state index in [9.17, 15) is 0 Å². The first-order valence-corrected chi connectivity index (χ1v) is 6.52. The minimum atomic E-state index is -0.101. The quantitative estimate of drug-likeness (QED) is 0.916. The molecule has 0 radical (unpaired) electrons. The number of methoxy groups -OCH3 is 1. The molecule has 0 spiro atoms. The average Bonchev–Trinajstić information content (AvgIpc) is 2.44. The summed E-state index contributed by atoms with van der Waals surface area (Å²) in [6.07, 6.45) is 0.655. The maximum Gasteiger partial charge on any atom is 0.130 e. The van der Waals surface area contributed by atoms with Crippen LogP contribution in [0.3, 0.4) is 0 Å². The highest BCUT2D eigenvalue weighted by molar-refractivity contribution is 6.30. The van der Waals surface area contributed by atoms with Crippen LogP contribution >= 0.6 is 11.6 Å². The lowest BCUT2D eigenvalue weighted by molar-refractivity contribution is -0.00168. The molecule has 0 saturated carbocycles. The van der Waals surface area contributed by atoms with Crippen molar-refractivity contribution in [3.05, 3.63) is 16.4 Å². The van der Waals surface area contributed by atoms with E-state index in [1.165, 1.54) is 0 Å². The Labute approximate surface area is 114 Å². The van der Waals surface area contributed by atoms with Crippen molar-refractivity contribution in [2.75, 3.05) is 7.11 Å². The molecule has 18 heavy (non-hydrogen) atoms. The van der Waals surface area contributed by atoms with Crippen LogP contribution in [0.2, 0.25) is 5.15 Å². The zero-order valence-electron chi connectivity index (χ0n) is 12.1. The van der Waals surface area contributed by atoms with Gasteiger partial charge in [0, 0.05) is 25.8 Å². The van der Waals surface area contributed by atoms with Crippen LogP contribution in [0.25, 0.3) is 0 Å². The van der Waals surface area contributed by atoms with Gasteiger partial charge in [-0.05, 0) is 18.8 Å². The Bertz CT molecular complexity index is 409. The molecule has 0 aromatic carbocycles. The SMILES string of the molecule is COC(C(N)Cc1c(C)nn(C)c1Cl)C(C)(C)C. The lowest BCUT2D eigenvalue weighted by Gasteiger charge is -2.34. The van der Waals surface area contributed by atoms with Gasteiger partial charge in [-0.3, -0.25) is 4.68 Å².